The van der Waals surface area contributed by atoms with Crippen molar-refractivity contribution in [1.82, 2.24) is 10.3 Å². The van der Waals surface area contributed by atoms with Gasteiger partial charge in [-0.1, -0.05) is 12.1 Å². The molecule has 3 heteroatoms. The first-order chi connectivity index (χ1) is 8.75. The lowest BCUT2D eigenvalue weighted by atomic mass is 10.1. The summed E-state index contributed by atoms with van der Waals surface area (Å²) in [6.45, 7) is 2.91. The molecule has 0 saturated heterocycles. The van der Waals surface area contributed by atoms with Crippen molar-refractivity contribution in [2.24, 2.45) is 0 Å². The van der Waals surface area contributed by atoms with Gasteiger partial charge in [0.25, 0.3) is 0 Å². The van der Waals surface area contributed by atoms with Gasteiger partial charge in [0.15, 0.2) is 0 Å². The third kappa shape index (κ3) is 3.64. The van der Waals surface area contributed by atoms with Crippen molar-refractivity contribution in [2.45, 2.75) is 19.4 Å². The summed E-state index contributed by atoms with van der Waals surface area (Å²) in [4.78, 5) is 3.98. The van der Waals surface area contributed by atoms with Gasteiger partial charge in [-0.05, 0) is 55.3 Å². The van der Waals surface area contributed by atoms with Crippen LogP contribution in [0.2, 0.25) is 0 Å². The molecule has 1 aromatic carbocycles. The summed E-state index contributed by atoms with van der Waals surface area (Å²) in [5, 5.41) is 3.39. The Morgan fingerprint density at radius 3 is 2.72 bits per heavy atom. The number of rotatable bonds is 5. The Labute approximate surface area is 107 Å². The average molecular weight is 244 g/mol. The van der Waals surface area contributed by atoms with E-state index in [2.05, 4.69) is 10.3 Å². The number of aromatic nitrogens is 1. The first kappa shape index (κ1) is 12.7. The maximum Gasteiger partial charge on any atom is 0.123 e. The fourth-order valence-electron chi connectivity index (χ4n) is 1.88. The van der Waals surface area contributed by atoms with E-state index in [0.717, 1.165) is 18.5 Å². The minimum absolute atomic E-state index is 0.155. The lowest BCUT2D eigenvalue weighted by Crippen LogP contribution is -2.21. The van der Waals surface area contributed by atoms with Crippen molar-refractivity contribution in [2.75, 3.05) is 6.54 Å². The lowest BCUT2D eigenvalue weighted by molar-refractivity contribution is 0.567. The minimum atomic E-state index is -0.185. The maximum atomic E-state index is 13.1. The van der Waals surface area contributed by atoms with Crippen LogP contribution in [0, 0.1) is 5.82 Å². The van der Waals surface area contributed by atoms with E-state index in [1.54, 1.807) is 24.5 Å². The summed E-state index contributed by atoms with van der Waals surface area (Å²) in [7, 11) is 0. The van der Waals surface area contributed by atoms with E-state index in [-0.39, 0.29) is 11.9 Å². The zero-order valence-electron chi connectivity index (χ0n) is 10.4. The molecule has 0 aliphatic rings. The molecule has 0 bridgehead atoms. The SMILES string of the molecule is C[C@@H](NCCc1ccncc1)c1cccc(F)c1. The molecule has 0 saturated carbocycles. The Morgan fingerprint density at radius 2 is 2.00 bits per heavy atom. The van der Waals surface area contributed by atoms with Crippen molar-refractivity contribution >= 4 is 0 Å². The fraction of sp³-hybridized carbons (Fsp3) is 0.267. The molecule has 2 nitrogen and oxygen atoms in total. The van der Waals surface area contributed by atoms with Crippen molar-refractivity contribution in [3.63, 3.8) is 0 Å². The Hall–Kier alpha value is -1.74. The van der Waals surface area contributed by atoms with E-state index >= 15 is 0 Å². The molecule has 2 rings (SSSR count). The monoisotopic (exact) mass is 244 g/mol. The number of benzene rings is 1. The van der Waals surface area contributed by atoms with Crippen LogP contribution in [0.5, 0.6) is 0 Å². The molecule has 2 aromatic rings. The van der Waals surface area contributed by atoms with Crippen LogP contribution in [-0.2, 0) is 6.42 Å². The highest BCUT2D eigenvalue weighted by molar-refractivity contribution is 5.19. The van der Waals surface area contributed by atoms with Crippen LogP contribution in [0.1, 0.15) is 24.1 Å². The maximum absolute atomic E-state index is 13.1. The van der Waals surface area contributed by atoms with E-state index in [1.807, 2.05) is 25.1 Å². The predicted octanol–water partition coefficient (Wildman–Crippen LogP) is 3.11. The average Bonchev–Trinajstić information content (AvgIpc) is 2.40. The Morgan fingerprint density at radius 1 is 1.22 bits per heavy atom. The zero-order valence-corrected chi connectivity index (χ0v) is 10.4. The number of hydrogen-bond acceptors (Lipinski definition) is 2. The van der Waals surface area contributed by atoms with Gasteiger partial charge in [0.05, 0.1) is 0 Å². The van der Waals surface area contributed by atoms with Gasteiger partial charge < -0.3 is 5.32 Å². The predicted molar refractivity (Wildman–Crippen MR) is 70.8 cm³/mol. The van der Waals surface area contributed by atoms with Gasteiger partial charge in [0.1, 0.15) is 5.82 Å². The van der Waals surface area contributed by atoms with Gasteiger partial charge in [-0.2, -0.15) is 0 Å². The van der Waals surface area contributed by atoms with Crippen molar-refractivity contribution in [3.8, 4) is 0 Å². The van der Waals surface area contributed by atoms with Crippen molar-refractivity contribution in [3.05, 3.63) is 65.7 Å². The summed E-state index contributed by atoms with van der Waals surface area (Å²) in [5.41, 5.74) is 2.23. The third-order valence-corrected chi connectivity index (χ3v) is 2.96. The van der Waals surface area contributed by atoms with E-state index in [4.69, 9.17) is 0 Å². The summed E-state index contributed by atoms with van der Waals surface area (Å²) in [6.07, 6.45) is 4.54. The minimum Gasteiger partial charge on any atom is -0.310 e. The summed E-state index contributed by atoms with van der Waals surface area (Å²) in [5.74, 6) is -0.185. The second-order valence-corrected chi connectivity index (χ2v) is 4.34. The number of halogens is 1. The molecule has 0 amide bonds. The fourth-order valence-corrected chi connectivity index (χ4v) is 1.88. The first-order valence-electron chi connectivity index (χ1n) is 6.13. The van der Waals surface area contributed by atoms with Gasteiger partial charge in [-0.15, -0.1) is 0 Å². The highest BCUT2D eigenvalue weighted by Gasteiger charge is 2.05. The lowest BCUT2D eigenvalue weighted by Gasteiger charge is -2.14. The van der Waals surface area contributed by atoms with E-state index in [0.29, 0.717) is 0 Å². The summed E-state index contributed by atoms with van der Waals surface area (Å²) in [6, 6.07) is 10.9. The second kappa shape index (κ2) is 6.26. The zero-order chi connectivity index (χ0) is 12.8. The van der Waals surface area contributed by atoms with Gasteiger partial charge in [-0.25, -0.2) is 4.39 Å². The van der Waals surface area contributed by atoms with Crippen LogP contribution in [0.4, 0.5) is 4.39 Å². The quantitative estimate of drug-likeness (QED) is 0.874. The van der Waals surface area contributed by atoms with Gasteiger partial charge >= 0.3 is 0 Å². The molecule has 1 atom stereocenters. The molecular weight excluding hydrogens is 227 g/mol. The topological polar surface area (TPSA) is 24.9 Å². The van der Waals surface area contributed by atoms with Crippen LogP contribution in [0.25, 0.3) is 0 Å². The normalized spacial score (nSPS) is 12.3. The third-order valence-electron chi connectivity index (χ3n) is 2.96. The highest BCUT2D eigenvalue weighted by Crippen LogP contribution is 2.13. The molecule has 0 radical (unpaired) electrons. The van der Waals surface area contributed by atoms with Gasteiger partial charge in [-0.3, -0.25) is 4.98 Å². The van der Waals surface area contributed by atoms with Crippen LogP contribution < -0.4 is 5.32 Å². The molecule has 0 fully saturated rings. The second-order valence-electron chi connectivity index (χ2n) is 4.34. The summed E-state index contributed by atoms with van der Waals surface area (Å²) >= 11 is 0. The highest BCUT2D eigenvalue weighted by atomic mass is 19.1. The Bertz CT molecular complexity index is 485. The van der Waals surface area contributed by atoms with E-state index < -0.39 is 0 Å². The molecule has 0 unspecified atom stereocenters. The first-order valence-corrected chi connectivity index (χ1v) is 6.13. The van der Waals surface area contributed by atoms with Crippen molar-refractivity contribution in [1.29, 1.82) is 0 Å². The Kier molecular flexibility index (Phi) is 4.42. The largest absolute Gasteiger partial charge is 0.310 e. The van der Waals surface area contributed by atoms with Crippen LogP contribution in [-0.4, -0.2) is 11.5 Å². The van der Waals surface area contributed by atoms with E-state index in [1.165, 1.54) is 11.6 Å². The van der Waals surface area contributed by atoms with Crippen LogP contribution in [0.15, 0.2) is 48.8 Å². The van der Waals surface area contributed by atoms with Gasteiger partial charge in [0, 0.05) is 18.4 Å². The molecule has 18 heavy (non-hydrogen) atoms. The van der Waals surface area contributed by atoms with Crippen LogP contribution in [0.3, 0.4) is 0 Å². The molecular formula is C15H17FN2. The number of nitrogens with one attached hydrogen (secondary N) is 1. The van der Waals surface area contributed by atoms with E-state index in [9.17, 15) is 4.39 Å². The number of hydrogen-bond donors (Lipinski definition) is 1. The summed E-state index contributed by atoms with van der Waals surface area (Å²) < 4.78 is 13.1. The standard InChI is InChI=1S/C15H17FN2/c1-12(14-3-2-4-15(16)11-14)18-10-7-13-5-8-17-9-6-13/h2-6,8-9,11-12,18H,7,10H2,1H3/t12-/m1/s1. The molecule has 1 N–H and O–H groups in total. The number of pyridine rings is 1. The Balaban J connectivity index is 1.83. The van der Waals surface area contributed by atoms with Crippen molar-refractivity contribution < 1.29 is 4.39 Å². The molecule has 0 spiro atoms. The molecule has 0 aliphatic heterocycles. The molecule has 1 aromatic heterocycles. The molecule has 94 valence electrons. The number of nitrogens with zero attached hydrogens (tertiary/aromatic N) is 1. The molecule has 0 aliphatic carbocycles. The smallest absolute Gasteiger partial charge is 0.123 e. The van der Waals surface area contributed by atoms with Crippen LogP contribution >= 0.6 is 0 Å². The van der Waals surface area contributed by atoms with Gasteiger partial charge in [0.2, 0.25) is 0 Å². The molecule has 1 heterocycles.